The monoisotopic (exact) mass is 414 g/mol. The fourth-order valence-electron chi connectivity index (χ4n) is 3.44. The summed E-state index contributed by atoms with van der Waals surface area (Å²) in [7, 11) is 0. The second kappa shape index (κ2) is 7.81. The lowest BCUT2D eigenvalue weighted by Crippen LogP contribution is -2.34. The van der Waals surface area contributed by atoms with E-state index in [1.807, 2.05) is 0 Å². The second-order valence-corrected chi connectivity index (χ2v) is 7.34. The number of H-pyrrole nitrogens is 1. The number of benzene rings is 1. The number of halogens is 1. The van der Waals surface area contributed by atoms with Gasteiger partial charge in [-0.15, -0.1) is 0 Å². The molecule has 4 rings (SSSR count). The molecule has 3 aromatic rings. The van der Waals surface area contributed by atoms with E-state index in [2.05, 4.69) is 15.3 Å². The standard InChI is InChI=1S/C20H19ClN4O4/c1-11-13(18(26)23-16-7-3-2-6-15(16)21)9-14-17(22-11)25(20(28)24-19(14)27)10-12-5-4-8-29-12/h2-3,6-7,9,12H,4-5,8,10H2,1H3,(H,23,26)(H,24,27,28). The van der Waals surface area contributed by atoms with E-state index in [9.17, 15) is 14.4 Å². The molecule has 8 nitrogen and oxygen atoms in total. The van der Waals surface area contributed by atoms with Gasteiger partial charge in [-0.25, -0.2) is 9.78 Å². The number of pyridine rings is 1. The Labute approximate surface area is 170 Å². The molecule has 1 saturated heterocycles. The summed E-state index contributed by atoms with van der Waals surface area (Å²) in [6, 6.07) is 8.30. The highest BCUT2D eigenvalue weighted by Gasteiger charge is 2.21. The summed E-state index contributed by atoms with van der Waals surface area (Å²) in [6.07, 6.45) is 1.66. The molecule has 1 unspecified atom stereocenters. The molecule has 1 atom stereocenters. The van der Waals surface area contributed by atoms with Gasteiger partial charge in [0.2, 0.25) is 0 Å². The van der Waals surface area contributed by atoms with Crippen molar-refractivity contribution in [2.75, 3.05) is 11.9 Å². The maximum atomic E-state index is 12.8. The molecule has 2 N–H and O–H groups in total. The van der Waals surface area contributed by atoms with Gasteiger partial charge < -0.3 is 10.1 Å². The van der Waals surface area contributed by atoms with Crippen LogP contribution in [0, 0.1) is 6.92 Å². The minimum absolute atomic E-state index is 0.105. The number of aryl methyl sites for hydroxylation is 1. The largest absolute Gasteiger partial charge is 0.376 e. The van der Waals surface area contributed by atoms with E-state index < -0.39 is 17.2 Å². The van der Waals surface area contributed by atoms with E-state index >= 15 is 0 Å². The Kier molecular flexibility index (Phi) is 5.21. The van der Waals surface area contributed by atoms with Crippen molar-refractivity contribution >= 4 is 34.2 Å². The number of ether oxygens (including phenoxy) is 1. The number of rotatable bonds is 4. The van der Waals surface area contributed by atoms with Crippen LogP contribution in [0.4, 0.5) is 5.69 Å². The molecule has 29 heavy (non-hydrogen) atoms. The van der Waals surface area contributed by atoms with Crippen LogP contribution in [0.25, 0.3) is 11.0 Å². The quantitative estimate of drug-likeness (QED) is 0.682. The summed E-state index contributed by atoms with van der Waals surface area (Å²) in [5.74, 6) is -0.443. The lowest BCUT2D eigenvalue weighted by Gasteiger charge is -2.15. The summed E-state index contributed by atoms with van der Waals surface area (Å²) >= 11 is 6.10. The van der Waals surface area contributed by atoms with Crippen molar-refractivity contribution in [2.45, 2.75) is 32.4 Å². The molecule has 3 heterocycles. The average Bonchev–Trinajstić information content (AvgIpc) is 3.19. The number of aromatic nitrogens is 3. The Hall–Kier alpha value is -2.97. The van der Waals surface area contributed by atoms with Crippen molar-refractivity contribution < 1.29 is 9.53 Å². The first-order chi connectivity index (χ1) is 13.9. The van der Waals surface area contributed by atoms with Gasteiger partial charge in [-0.1, -0.05) is 23.7 Å². The third-order valence-electron chi connectivity index (χ3n) is 4.94. The number of carbonyl (C=O) groups is 1. The Balaban J connectivity index is 1.76. The summed E-state index contributed by atoms with van der Waals surface area (Å²) in [5, 5.41) is 3.29. The van der Waals surface area contributed by atoms with Crippen LogP contribution in [0.15, 0.2) is 39.9 Å². The zero-order valence-electron chi connectivity index (χ0n) is 15.7. The number of anilines is 1. The maximum Gasteiger partial charge on any atom is 0.330 e. The van der Waals surface area contributed by atoms with E-state index in [4.69, 9.17) is 16.3 Å². The lowest BCUT2D eigenvalue weighted by atomic mass is 10.1. The van der Waals surface area contributed by atoms with Crippen molar-refractivity contribution in [1.82, 2.24) is 14.5 Å². The van der Waals surface area contributed by atoms with Crippen LogP contribution in [0.5, 0.6) is 0 Å². The van der Waals surface area contributed by atoms with E-state index in [0.29, 0.717) is 29.6 Å². The van der Waals surface area contributed by atoms with Crippen LogP contribution < -0.4 is 16.6 Å². The van der Waals surface area contributed by atoms with Gasteiger partial charge in [0.1, 0.15) is 5.65 Å². The zero-order chi connectivity index (χ0) is 20.5. The average molecular weight is 415 g/mol. The Bertz CT molecular complexity index is 1210. The molecule has 0 saturated carbocycles. The minimum atomic E-state index is -0.590. The normalized spacial score (nSPS) is 16.3. The number of aromatic amines is 1. The molecule has 0 radical (unpaired) electrons. The molecule has 0 aliphatic carbocycles. The van der Waals surface area contributed by atoms with Gasteiger partial charge in [0.25, 0.3) is 11.5 Å². The summed E-state index contributed by atoms with van der Waals surface area (Å²) in [6.45, 7) is 2.60. The topological polar surface area (TPSA) is 106 Å². The summed E-state index contributed by atoms with van der Waals surface area (Å²) < 4.78 is 7.00. The number of nitrogens with one attached hydrogen (secondary N) is 2. The first-order valence-corrected chi connectivity index (χ1v) is 9.64. The maximum absolute atomic E-state index is 12.8. The highest BCUT2D eigenvalue weighted by atomic mass is 35.5. The summed E-state index contributed by atoms with van der Waals surface area (Å²) in [4.78, 5) is 44.2. The molecule has 2 aromatic heterocycles. The molecule has 1 aliphatic rings. The first-order valence-electron chi connectivity index (χ1n) is 9.26. The van der Waals surface area contributed by atoms with Gasteiger partial charge in [0, 0.05) is 6.61 Å². The fourth-order valence-corrected chi connectivity index (χ4v) is 3.62. The molecule has 1 amide bonds. The first kappa shape index (κ1) is 19.4. The van der Waals surface area contributed by atoms with Gasteiger partial charge in [0.15, 0.2) is 0 Å². The van der Waals surface area contributed by atoms with E-state index in [1.54, 1.807) is 31.2 Å². The second-order valence-electron chi connectivity index (χ2n) is 6.93. The number of nitrogens with zero attached hydrogens (tertiary/aromatic N) is 2. The highest BCUT2D eigenvalue weighted by molar-refractivity contribution is 6.33. The number of amides is 1. The van der Waals surface area contributed by atoms with Gasteiger partial charge in [0.05, 0.1) is 40.0 Å². The SMILES string of the molecule is Cc1nc2c(cc1C(=O)Nc1ccccc1Cl)c(=O)[nH]c(=O)n2CC1CCCO1. The van der Waals surface area contributed by atoms with Gasteiger partial charge in [-0.2, -0.15) is 0 Å². The molecule has 1 fully saturated rings. The predicted octanol–water partition coefficient (Wildman–Crippen LogP) is 2.48. The van der Waals surface area contributed by atoms with Crippen molar-refractivity contribution in [2.24, 2.45) is 0 Å². The minimum Gasteiger partial charge on any atom is -0.376 e. The third-order valence-corrected chi connectivity index (χ3v) is 5.27. The molecule has 9 heteroatoms. The van der Waals surface area contributed by atoms with Crippen molar-refractivity contribution in [1.29, 1.82) is 0 Å². The van der Waals surface area contributed by atoms with Crippen LogP contribution in [-0.4, -0.2) is 33.2 Å². The fraction of sp³-hybridized carbons (Fsp3) is 0.300. The van der Waals surface area contributed by atoms with Crippen LogP contribution >= 0.6 is 11.6 Å². The Morgan fingerprint density at radius 1 is 1.38 bits per heavy atom. The third kappa shape index (κ3) is 3.81. The van der Waals surface area contributed by atoms with Crippen LogP contribution in [0.3, 0.4) is 0 Å². The van der Waals surface area contributed by atoms with Gasteiger partial charge in [-0.3, -0.25) is 19.1 Å². The van der Waals surface area contributed by atoms with Crippen LogP contribution in [0.2, 0.25) is 5.02 Å². The van der Waals surface area contributed by atoms with Crippen molar-refractivity contribution in [3.8, 4) is 0 Å². The number of fused-ring (bicyclic) bond motifs is 1. The molecule has 150 valence electrons. The number of hydrogen-bond donors (Lipinski definition) is 2. The molecule has 1 aromatic carbocycles. The van der Waals surface area contributed by atoms with Gasteiger partial charge in [-0.05, 0) is 38.0 Å². The van der Waals surface area contributed by atoms with Gasteiger partial charge >= 0.3 is 5.69 Å². The van der Waals surface area contributed by atoms with Crippen LogP contribution in [-0.2, 0) is 11.3 Å². The molecule has 1 aliphatic heterocycles. The zero-order valence-corrected chi connectivity index (χ0v) is 16.5. The van der Waals surface area contributed by atoms with E-state index in [0.717, 1.165) is 12.8 Å². The lowest BCUT2D eigenvalue weighted by molar-refractivity contribution is 0.0967. The molecule has 0 bridgehead atoms. The Morgan fingerprint density at radius 2 is 2.17 bits per heavy atom. The molecule has 0 spiro atoms. The molecular weight excluding hydrogens is 396 g/mol. The molecular formula is C20H19ClN4O4. The van der Waals surface area contributed by atoms with Crippen LogP contribution in [0.1, 0.15) is 28.9 Å². The predicted molar refractivity (Wildman–Crippen MR) is 110 cm³/mol. The summed E-state index contributed by atoms with van der Waals surface area (Å²) in [5.41, 5.74) is 0.182. The number of carbonyl (C=O) groups excluding carboxylic acids is 1. The smallest absolute Gasteiger partial charge is 0.330 e. The number of hydrogen-bond acceptors (Lipinski definition) is 5. The number of para-hydroxylation sites is 1. The van der Waals surface area contributed by atoms with Crippen molar-refractivity contribution in [3.63, 3.8) is 0 Å². The van der Waals surface area contributed by atoms with E-state index in [1.165, 1.54) is 10.6 Å². The van der Waals surface area contributed by atoms with Crippen molar-refractivity contribution in [3.05, 3.63) is 67.4 Å². The highest BCUT2D eigenvalue weighted by Crippen LogP contribution is 2.22. The van der Waals surface area contributed by atoms with E-state index in [-0.39, 0.29) is 22.7 Å². The Morgan fingerprint density at radius 3 is 2.90 bits per heavy atom.